The van der Waals surface area contributed by atoms with Crippen molar-refractivity contribution in [2.75, 3.05) is 31.1 Å². The number of carboxylic acid groups (broad SMARTS) is 1. The van der Waals surface area contributed by atoms with Crippen LogP contribution in [0.2, 0.25) is 0 Å². The summed E-state index contributed by atoms with van der Waals surface area (Å²) in [5.74, 6) is 1.93. The predicted octanol–water partition coefficient (Wildman–Crippen LogP) is 6.91. The highest BCUT2D eigenvalue weighted by atomic mass is 19.4. The number of hydrogen-bond acceptors (Lipinski definition) is 7. The number of para-hydroxylation sites is 2. The van der Waals surface area contributed by atoms with E-state index in [-0.39, 0.29) is 16.7 Å². The molecule has 1 aromatic heterocycles. The van der Waals surface area contributed by atoms with Crippen LogP contribution < -0.4 is 21.2 Å². The molecule has 3 heterocycles. The van der Waals surface area contributed by atoms with Crippen molar-refractivity contribution in [1.82, 2.24) is 10.3 Å². The molecule has 54 heavy (non-hydrogen) atoms. The van der Waals surface area contributed by atoms with Gasteiger partial charge in [-0.25, -0.2) is 5.90 Å². The first-order chi connectivity index (χ1) is 25.6. The highest BCUT2D eigenvalue weighted by Gasteiger charge is 2.44. The van der Waals surface area contributed by atoms with Crippen LogP contribution in [0.4, 0.5) is 24.5 Å². The molecule has 3 N–H and O–H groups in total. The van der Waals surface area contributed by atoms with E-state index in [1.54, 1.807) is 6.20 Å². The molecule has 2 aromatic carbocycles. The van der Waals surface area contributed by atoms with Gasteiger partial charge in [-0.3, -0.25) is 9.78 Å². The number of pyridine rings is 1. The summed E-state index contributed by atoms with van der Waals surface area (Å²) in [6.45, 7) is 16.4. The molecule has 0 bridgehead atoms. The normalized spacial score (nSPS) is 16.7. The number of carboxylic acids is 1. The fourth-order valence-corrected chi connectivity index (χ4v) is 6.93. The van der Waals surface area contributed by atoms with Crippen LogP contribution in [0.15, 0.2) is 96.9 Å². The average Bonchev–Trinajstić information content (AvgIpc) is 3.48. The van der Waals surface area contributed by atoms with Gasteiger partial charge in [0.1, 0.15) is 12.5 Å². The Morgan fingerprint density at radius 3 is 2.26 bits per heavy atom. The van der Waals surface area contributed by atoms with Gasteiger partial charge in [-0.05, 0) is 62.6 Å². The lowest BCUT2D eigenvalue weighted by molar-refractivity contribution is -0.437. The van der Waals surface area contributed by atoms with E-state index in [9.17, 15) is 18.0 Å². The Morgan fingerprint density at radius 2 is 1.65 bits per heavy atom. The van der Waals surface area contributed by atoms with Gasteiger partial charge in [0.2, 0.25) is 5.69 Å². The molecule has 288 valence electrons. The van der Waals surface area contributed by atoms with Crippen LogP contribution in [0.25, 0.3) is 5.57 Å². The lowest BCUT2D eigenvalue weighted by Gasteiger charge is -2.26. The molecule has 9 nitrogen and oxygen atoms in total. The lowest BCUT2D eigenvalue weighted by Crippen LogP contribution is -2.37. The number of benzene rings is 2. The summed E-state index contributed by atoms with van der Waals surface area (Å²) in [5, 5.41) is 11.7. The summed E-state index contributed by atoms with van der Waals surface area (Å²) in [6, 6.07) is 21.2. The van der Waals surface area contributed by atoms with Gasteiger partial charge in [0, 0.05) is 65.8 Å². The topological polar surface area (TPSA) is 124 Å². The quantitative estimate of drug-likeness (QED) is 0.0844. The standard InChI is InChI=1S/C40H49N5O2.C2HF3O2/c1-7-25-44-34-16-11-9-14-31(34)39(3,4)36(44)22-19-29(33-21-18-30(28-43-33)38(46)42-24-13-27-47-41)20-23-37-40(5,6)32-15-10-12-17-35(32)45(37)26-8-2;3-2(4,5)1(6)7/h9-12,14-23,28H,7-8,13,24-27,41H2,1-6H3;(H,6,7). The molecule has 0 fully saturated rings. The number of nitrogens with one attached hydrogen (secondary N) is 1. The molecule has 0 saturated heterocycles. The number of carbonyl (C=O) groups is 2. The smallest absolute Gasteiger partial charge is 0.430 e. The van der Waals surface area contributed by atoms with E-state index in [1.165, 1.54) is 33.9 Å². The molecule has 0 atom stereocenters. The Balaban J connectivity index is 0.000000845. The molecule has 0 aliphatic carbocycles. The van der Waals surface area contributed by atoms with Crippen molar-refractivity contribution in [2.45, 2.75) is 77.8 Å². The summed E-state index contributed by atoms with van der Waals surface area (Å²) in [6.07, 6.45) is 8.11. The van der Waals surface area contributed by atoms with Crippen LogP contribution in [-0.2, 0) is 20.5 Å². The fraction of sp³-hybridized carbons (Fsp3) is 0.381. The van der Waals surface area contributed by atoms with Gasteiger partial charge >= 0.3 is 6.18 Å². The van der Waals surface area contributed by atoms with Crippen LogP contribution in [0.3, 0.4) is 0 Å². The second-order valence-electron chi connectivity index (χ2n) is 14.2. The predicted molar refractivity (Wildman–Crippen MR) is 204 cm³/mol. The Bertz CT molecular complexity index is 1930. The van der Waals surface area contributed by atoms with Gasteiger partial charge in [0.05, 0.1) is 23.3 Å². The minimum absolute atomic E-state index is 0.150. The summed E-state index contributed by atoms with van der Waals surface area (Å²) < 4.78 is 34.0. The van der Waals surface area contributed by atoms with Crippen LogP contribution in [0.1, 0.15) is 88.0 Å². The van der Waals surface area contributed by atoms with Crippen LogP contribution in [-0.4, -0.2) is 59.6 Å². The molecule has 1 amide bonds. The van der Waals surface area contributed by atoms with Crippen molar-refractivity contribution in [2.24, 2.45) is 5.90 Å². The second kappa shape index (κ2) is 17.8. The van der Waals surface area contributed by atoms with Crippen molar-refractivity contribution < 1.29 is 37.3 Å². The molecule has 0 radical (unpaired) electrons. The number of hydrogen-bond donors (Lipinski definition) is 2. The SMILES string of the molecule is CCCN1C(=C/C=C(/C=C/C2=[N+](CCC)c3ccccc3C2(C)C)c2ccc(C(=O)NCCCON)cn2)C(C)(C)c2ccccc21.O=C([O-])C(F)(F)F. The van der Waals surface area contributed by atoms with E-state index >= 15 is 0 Å². The number of fused-ring (bicyclic) bond motifs is 2. The molecule has 3 aromatic rings. The van der Waals surface area contributed by atoms with Crippen LogP contribution >= 0.6 is 0 Å². The molecule has 5 rings (SSSR count). The van der Waals surface area contributed by atoms with Crippen molar-refractivity contribution in [3.8, 4) is 0 Å². The lowest BCUT2D eigenvalue weighted by atomic mass is 9.81. The fourth-order valence-electron chi connectivity index (χ4n) is 6.93. The van der Waals surface area contributed by atoms with Crippen LogP contribution in [0.5, 0.6) is 0 Å². The highest BCUT2D eigenvalue weighted by Crippen LogP contribution is 2.47. The molecular formula is C42H50F3N5O4. The van der Waals surface area contributed by atoms with E-state index in [1.807, 2.05) is 12.1 Å². The zero-order chi connectivity index (χ0) is 39.7. The average molecular weight is 746 g/mol. The van der Waals surface area contributed by atoms with Gasteiger partial charge in [-0.15, -0.1) is 0 Å². The maximum absolute atomic E-state index is 12.8. The van der Waals surface area contributed by atoms with E-state index in [0.29, 0.717) is 25.1 Å². The first-order valence-corrected chi connectivity index (χ1v) is 18.2. The van der Waals surface area contributed by atoms with Crippen molar-refractivity contribution in [3.63, 3.8) is 0 Å². The summed E-state index contributed by atoms with van der Waals surface area (Å²) in [4.78, 5) is 33.4. The molecule has 0 unspecified atom stereocenters. The zero-order valence-electron chi connectivity index (χ0n) is 31.8. The summed E-state index contributed by atoms with van der Waals surface area (Å²) in [5.41, 5.74) is 9.75. The molecule has 12 heteroatoms. The number of aromatic nitrogens is 1. The highest BCUT2D eigenvalue weighted by molar-refractivity contribution is 6.04. The van der Waals surface area contributed by atoms with Gasteiger partial charge in [-0.1, -0.05) is 70.2 Å². The van der Waals surface area contributed by atoms with Gasteiger partial charge in [-0.2, -0.15) is 17.7 Å². The first-order valence-electron chi connectivity index (χ1n) is 18.2. The molecule has 2 aliphatic rings. The van der Waals surface area contributed by atoms with Crippen LogP contribution in [0, 0.1) is 0 Å². The number of halogens is 3. The maximum Gasteiger partial charge on any atom is 0.430 e. The monoisotopic (exact) mass is 745 g/mol. The van der Waals surface area contributed by atoms with E-state index in [4.69, 9.17) is 20.8 Å². The third-order valence-electron chi connectivity index (χ3n) is 9.61. The Morgan fingerprint density at radius 1 is 0.981 bits per heavy atom. The maximum atomic E-state index is 12.8. The molecule has 2 aliphatic heterocycles. The largest absolute Gasteiger partial charge is 0.542 e. The number of aliphatic carboxylic acids is 1. The number of anilines is 1. The van der Waals surface area contributed by atoms with Crippen molar-refractivity contribution >= 4 is 34.5 Å². The number of carbonyl (C=O) groups excluding carboxylic acids is 2. The first kappa shape index (κ1) is 41.7. The van der Waals surface area contributed by atoms with E-state index < -0.39 is 12.1 Å². The molecule has 0 saturated carbocycles. The third-order valence-corrected chi connectivity index (χ3v) is 9.61. The van der Waals surface area contributed by atoms with Gasteiger partial charge in [0.25, 0.3) is 5.91 Å². The Labute approximate surface area is 315 Å². The third kappa shape index (κ3) is 9.34. The minimum atomic E-state index is -5.19. The zero-order valence-corrected chi connectivity index (χ0v) is 31.8. The summed E-state index contributed by atoms with van der Waals surface area (Å²) >= 11 is 0. The Kier molecular flexibility index (Phi) is 13.8. The minimum Gasteiger partial charge on any atom is -0.542 e. The Hall–Kier alpha value is -5.07. The molecular weight excluding hydrogens is 695 g/mol. The summed E-state index contributed by atoms with van der Waals surface area (Å²) in [7, 11) is 0. The number of allylic oxidation sites excluding steroid dienone is 6. The number of rotatable bonds is 13. The number of amides is 1. The van der Waals surface area contributed by atoms with Gasteiger partial charge in [0.15, 0.2) is 5.71 Å². The second-order valence-corrected chi connectivity index (χ2v) is 14.2. The van der Waals surface area contributed by atoms with Crippen molar-refractivity contribution in [3.05, 3.63) is 119 Å². The van der Waals surface area contributed by atoms with Gasteiger partial charge < -0.3 is 25.0 Å². The molecule has 0 spiro atoms. The number of alkyl halides is 3. The van der Waals surface area contributed by atoms with E-state index in [2.05, 4.69) is 134 Å². The number of nitrogens with two attached hydrogens (primary N) is 1. The van der Waals surface area contributed by atoms with Crippen molar-refractivity contribution in [1.29, 1.82) is 0 Å². The van der Waals surface area contributed by atoms with E-state index in [0.717, 1.165) is 37.2 Å². The number of nitrogens with zero attached hydrogens (tertiary/aromatic N) is 3.